The maximum atomic E-state index is 14.5. The molecule has 1 N–H and O–H groups in total. The van der Waals surface area contributed by atoms with Gasteiger partial charge >= 0.3 is 5.97 Å². The van der Waals surface area contributed by atoms with Crippen molar-refractivity contribution in [2.75, 3.05) is 0 Å². The van der Waals surface area contributed by atoms with Crippen molar-refractivity contribution in [1.82, 2.24) is 19.7 Å². The molecule has 2 aromatic carbocycles. The van der Waals surface area contributed by atoms with Crippen molar-refractivity contribution in [2.24, 2.45) is 0 Å². The number of carboxylic acids is 1. The number of rotatable bonds is 3. The number of benzene rings is 2. The average Bonchev–Trinajstić information content (AvgIpc) is 3.20. The lowest BCUT2D eigenvalue weighted by molar-refractivity contribution is -0.142. The number of fused-ring (bicyclic) bond motifs is 1. The molecule has 7 nitrogen and oxygen atoms in total. The summed E-state index contributed by atoms with van der Waals surface area (Å²) in [5.74, 6) is -2.26. The molecule has 0 aliphatic carbocycles. The van der Waals surface area contributed by atoms with Crippen LogP contribution in [0.25, 0.3) is 5.69 Å². The lowest BCUT2D eigenvalue weighted by atomic mass is 9.93. The Morgan fingerprint density at radius 2 is 1.93 bits per heavy atom. The van der Waals surface area contributed by atoms with E-state index in [1.54, 1.807) is 0 Å². The van der Waals surface area contributed by atoms with Gasteiger partial charge < -0.3 is 10.0 Å². The van der Waals surface area contributed by atoms with Gasteiger partial charge in [0.05, 0.1) is 0 Å². The van der Waals surface area contributed by atoms with Crippen LogP contribution in [0.1, 0.15) is 21.5 Å². The molecule has 0 saturated carbocycles. The lowest BCUT2D eigenvalue weighted by Gasteiger charge is -2.34. The first-order valence-electron chi connectivity index (χ1n) is 8.29. The standard InChI is InChI=1S/C19H15FN4O3/c20-15-7-13(5-6-16(15)24-11-21-10-22-24)18(25)23-9-14-4-2-1-3-12(14)8-17(23)19(26)27/h1-7,10-11,17H,8-9H2,(H,26,27)/t17-/m0/s1. The monoisotopic (exact) mass is 366 g/mol. The number of nitrogens with zero attached hydrogens (tertiary/aromatic N) is 4. The minimum absolute atomic E-state index is 0.0852. The van der Waals surface area contributed by atoms with Gasteiger partial charge in [-0.3, -0.25) is 4.79 Å². The van der Waals surface area contributed by atoms with Crippen molar-refractivity contribution >= 4 is 11.9 Å². The second kappa shape index (κ2) is 6.64. The van der Waals surface area contributed by atoms with E-state index >= 15 is 0 Å². The Bertz CT molecular complexity index is 1020. The fourth-order valence-electron chi connectivity index (χ4n) is 3.28. The van der Waals surface area contributed by atoms with Gasteiger partial charge in [0.25, 0.3) is 5.91 Å². The summed E-state index contributed by atoms with van der Waals surface area (Å²) < 4.78 is 15.7. The molecule has 1 aromatic heterocycles. The van der Waals surface area contributed by atoms with Crippen molar-refractivity contribution in [3.05, 3.63) is 77.6 Å². The molecule has 0 fully saturated rings. The van der Waals surface area contributed by atoms with Crippen molar-refractivity contribution < 1.29 is 19.1 Å². The van der Waals surface area contributed by atoms with Gasteiger partial charge in [0.2, 0.25) is 0 Å². The second-order valence-corrected chi connectivity index (χ2v) is 6.27. The van der Waals surface area contributed by atoms with E-state index in [0.717, 1.165) is 17.2 Å². The fourth-order valence-corrected chi connectivity index (χ4v) is 3.28. The van der Waals surface area contributed by atoms with Crippen LogP contribution in [0.2, 0.25) is 0 Å². The molecule has 3 aromatic rings. The van der Waals surface area contributed by atoms with Crippen molar-refractivity contribution in [3.63, 3.8) is 0 Å². The van der Waals surface area contributed by atoms with Gasteiger partial charge in [-0.05, 0) is 29.3 Å². The second-order valence-electron chi connectivity index (χ2n) is 6.27. The van der Waals surface area contributed by atoms with Gasteiger partial charge in [-0.2, -0.15) is 5.10 Å². The summed E-state index contributed by atoms with van der Waals surface area (Å²) in [6, 6.07) is 10.4. The minimum atomic E-state index is -1.09. The molecule has 136 valence electrons. The van der Waals surface area contributed by atoms with Crippen LogP contribution in [0, 0.1) is 5.82 Å². The Morgan fingerprint density at radius 1 is 1.15 bits per heavy atom. The predicted octanol–water partition coefficient (Wildman–Crippen LogP) is 2.06. The molecular formula is C19H15FN4O3. The Balaban J connectivity index is 1.67. The van der Waals surface area contributed by atoms with E-state index in [1.807, 2.05) is 24.3 Å². The Hall–Kier alpha value is -3.55. The highest BCUT2D eigenvalue weighted by Crippen LogP contribution is 2.26. The molecule has 0 saturated heterocycles. The zero-order valence-corrected chi connectivity index (χ0v) is 14.1. The number of carbonyl (C=O) groups excluding carboxylic acids is 1. The zero-order chi connectivity index (χ0) is 19.0. The number of carboxylic acid groups (broad SMARTS) is 1. The number of hydrogen-bond donors (Lipinski definition) is 1. The lowest BCUT2D eigenvalue weighted by Crippen LogP contribution is -2.48. The van der Waals surface area contributed by atoms with Crippen LogP contribution in [-0.4, -0.2) is 42.7 Å². The first-order valence-corrected chi connectivity index (χ1v) is 8.29. The molecule has 27 heavy (non-hydrogen) atoms. The molecule has 0 radical (unpaired) electrons. The average molecular weight is 366 g/mol. The summed E-state index contributed by atoms with van der Waals surface area (Å²) in [7, 11) is 0. The number of aliphatic carboxylic acids is 1. The van der Waals surface area contributed by atoms with Gasteiger partial charge in [0.15, 0.2) is 0 Å². The molecule has 4 rings (SSSR count). The largest absolute Gasteiger partial charge is 0.480 e. The Morgan fingerprint density at radius 3 is 2.59 bits per heavy atom. The number of amides is 1. The summed E-state index contributed by atoms with van der Waals surface area (Å²) in [5.41, 5.74) is 2.04. The molecule has 0 spiro atoms. The molecule has 8 heteroatoms. The maximum absolute atomic E-state index is 14.5. The van der Waals surface area contributed by atoms with E-state index in [1.165, 1.54) is 34.4 Å². The summed E-state index contributed by atoms with van der Waals surface area (Å²) in [4.78, 5) is 29.7. The molecular weight excluding hydrogens is 351 g/mol. The smallest absolute Gasteiger partial charge is 0.326 e. The molecule has 1 atom stereocenters. The normalized spacial score (nSPS) is 16.0. The number of aromatic nitrogens is 3. The van der Waals surface area contributed by atoms with E-state index < -0.39 is 23.7 Å². The van der Waals surface area contributed by atoms with Crippen LogP contribution in [-0.2, 0) is 17.8 Å². The van der Waals surface area contributed by atoms with E-state index in [-0.39, 0.29) is 24.2 Å². The quantitative estimate of drug-likeness (QED) is 0.767. The predicted molar refractivity (Wildman–Crippen MR) is 92.8 cm³/mol. The van der Waals surface area contributed by atoms with Crippen molar-refractivity contribution in [2.45, 2.75) is 19.0 Å². The van der Waals surface area contributed by atoms with Crippen molar-refractivity contribution in [3.8, 4) is 5.69 Å². The minimum Gasteiger partial charge on any atom is -0.480 e. The van der Waals surface area contributed by atoms with Crippen LogP contribution in [0.4, 0.5) is 4.39 Å². The highest BCUT2D eigenvalue weighted by molar-refractivity contribution is 5.97. The van der Waals surface area contributed by atoms with Crippen LogP contribution in [0.3, 0.4) is 0 Å². The number of hydrogen-bond acceptors (Lipinski definition) is 4. The molecule has 0 bridgehead atoms. The third-order valence-electron chi connectivity index (χ3n) is 4.65. The van der Waals surface area contributed by atoms with Crippen molar-refractivity contribution in [1.29, 1.82) is 0 Å². The Labute approximate surface area is 153 Å². The van der Waals surface area contributed by atoms with Gasteiger partial charge in [-0.1, -0.05) is 24.3 Å². The summed E-state index contributed by atoms with van der Waals surface area (Å²) in [6.45, 7) is 0.165. The summed E-state index contributed by atoms with van der Waals surface area (Å²) >= 11 is 0. The highest BCUT2D eigenvalue weighted by atomic mass is 19.1. The molecule has 2 heterocycles. The van der Waals surface area contributed by atoms with Gasteiger partial charge in [-0.15, -0.1) is 0 Å². The van der Waals surface area contributed by atoms with Gasteiger partial charge in [0.1, 0.15) is 30.2 Å². The topological polar surface area (TPSA) is 88.3 Å². The number of carbonyl (C=O) groups is 2. The van der Waals surface area contributed by atoms with Gasteiger partial charge in [0, 0.05) is 18.5 Å². The third kappa shape index (κ3) is 3.05. The summed E-state index contributed by atoms with van der Waals surface area (Å²) in [5, 5.41) is 13.4. The first kappa shape index (κ1) is 16.9. The molecule has 1 aliphatic rings. The van der Waals surface area contributed by atoms with Crippen LogP contribution < -0.4 is 0 Å². The third-order valence-corrected chi connectivity index (χ3v) is 4.65. The SMILES string of the molecule is O=C(O)[C@@H]1Cc2ccccc2CN1C(=O)c1ccc(-n2cncn2)c(F)c1. The van der Waals surface area contributed by atoms with Crippen LogP contribution >= 0.6 is 0 Å². The molecule has 0 unspecified atom stereocenters. The Kier molecular flexibility index (Phi) is 4.15. The van der Waals surface area contributed by atoms with E-state index in [4.69, 9.17) is 0 Å². The zero-order valence-electron chi connectivity index (χ0n) is 14.1. The summed E-state index contributed by atoms with van der Waals surface area (Å²) in [6.07, 6.45) is 2.85. The van der Waals surface area contributed by atoms with E-state index in [9.17, 15) is 19.1 Å². The molecule has 1 amide bonds. The van der Waals surface area contributed by atoms with Crippen LogP contribution in [0.15, 0.2) is 55.1 Å². The highest BCUT2D eigenvalue weighted by Gasteiger charge is 2.35. The van der Waals surface area contributed by atoms with E-state index in [0.29, 0.717) is 0 Å². The number of halogens is 1. The van der Waals surface area contributed by atoms with Gasteiger partial charge in [-0.25, -0.2) is 18.9 Å². The molecule has 1 aliphatic heterocycles. The van der Waals surface area contributed by atoms with Crippen LogP contribution in [0.5, 0.6) is 0 Å². The maximum Gasteiger partial charge on any atom is 0.326 e. The fraction of sp³-hybridized carbons (Fsp3) is 0.158. The van der Waals surface area contributed by atoms with E-state index in [2.05, 4.69) is 10.1 Å². The first-order chi connectivity index (χ1) is 13.0.